The van der Waals surface area contributed by atoms with Crippen LogP contribution >= 0.6 is 0 Å². The number of carbonyl (C=O) groups is 1. The molecule has 3 aromatic carbocycles. The number of benzene rings is 3. The van der Waals surface area contributed by atoms with Crippen molar-refractivity contribution in [3.63, 3.8) is 0 Å². The van der Waals surface area contributed by atoms with Crippen LogP contribution < -0.4 is 9.62 Å². The Kier molecular flexibility index (Phi) is 7.24. The van der Waals surface area contributed by atoms with E-state index >= 15 is 0 Å². The van der Waals surface area contributed by atoms with E-state index in [-0.39, 0.29) is 9.79 Å². The van der Waals surface area contributed by atoms with Gasteiger partial charge in [-0.05, 0) is 55.3 Å². The molecule has 0 saturated heterocycles. The van der Waals surface area contributed by atoms with Gasteiger partial charge in [-0.25, -0.2) is 16.8 Å². The van der Waals surface area contributed by atoms with Crippen molar-refractivity contribution in [1.29, 1.82) is 0 Å². The van der Waals surface area contributed by atoms with E-state index in [4.69, 9.17) is 0 Å². The molecular formula is C24H26N2O5S2. The first-order valence-corrected chi connectivity index (χ1v) is 13.6. The Bertz CT molecular complexity index is 1340. The topological polar surface area (TPSA) is 101 Å². The summed E-state index contributed by atoms with van der Waals surface area (Å²) in [7, 11) is -7.31. The van der Waals surface area contributed by atoms with Gasteiger partial charge in [0.2, 0.25) is 5.91 Å². The van der Waals surface area contributed by atoms with Crippen molar-refractivity contribution in [1.82, 2.24) is 5.32 Å². The Morgan fingerprint density at radius 2 is 1.42 bits per heavy atom. The highest BCUT2D eigenvalue weighted by Gasteiger charge is 2.28. The number of sulfone groups is 1. The van der Waals surface area contributed by atoms with Crippen LogP contribution in [0.4, 0.5) is 5.69 Å². The largest absolute Gasteiger partial charge is 0.348 e. The third kappa shape index (κ3) is 5.80. The highest BCUT2D eigenvalue weighted by molar-refractivity contribution is 7.93. The maximum absolute atomic E-state index is 13.4. The molecule has 7 nitrogen and oxygen atoms in total. The number of hydrogen-bond donors (Lipinski definition) is 1. The zero-order valence-corrected chi connectivity index (χ0v) is 20.2. The van der Waals surface area contributed by atoms with Gasteiger partial charge in [0.05, 0.1) is 21.5 Å². The van der Waals surface area contributed by atoms with Crippen LogP contribution in [0.3, 0.4) is 0 Å². The third-order valence-corrected chi connectivity index (χ3v) is 8.09. The molecule has 0 aliphatic heterocycles. The van der Waals surface area contributed by atoms with E-state index in [1.165, 1.54) is 24.3 Å². The van der Waals surface area contributed by atoms with Crippen molar-refractivity contribution in [2.75, 3.05) is 17.1 Å². The molecule has 0 aromatic heterocycles. The van der Waals surface area contributed by atoms with Crippen molar-refractivity contribution in [3.05, 3.63) is 90.0 Å². The molecule has 1 atom stereocenters. The average Bonchev–Trinajstić information content (AvgIpc) is 2.78. The minimum atomic E-state index is -3.99. The zero-order valence-electron chi connectivity index (χ0n) is 18.6. The van der Waals surface area contributed by atoms with Crippen LogP contribution in [0.2, 0.25) is 0 Å². The summed E-state index contributed by atoms with van der Waals surface area (Å²) in [5, 5.41) is 2.80. The van der Waals surface area contributed by atoms with E-state index in [0.717, 1.165) is 10.6 Å². The molecule has 0 fully saturated rings. The lowest BCUT2D eigenvalue weighted by atomic mass is 10.1. The Hall–Kier alpha value is -3.17. The first kappa shape index (κ1) is 24.5. The van der Waals surface area contributed by atoms with Crippen LogP contribution in [-0.2, 0) is 24.7 Å². The van der Waals surface area contributed by atoms with Gasteiger partial charge in [-0.2, -0.15) is 0 Å². The summed E-state index contributed by atoms with van der Waals surface area (Å²) in [6, 6.07) is 20.7. The average molecular weight is 487 g/mol. The van der Waals surface area contributed by atoms with Crippen molar-refractivity contribution in [2.45, 2.75) is 29.7 Å². The van der Waals surface area contributed by atoms with Gasteiger partial charge >= 0.3 is 0 Å². The molecule has 3 rings (SSSR count). The molecule has 0 spiro atoms. The molecule has 1 amide bonds. The predicted molar refractivity (Wildman–Crippen MR) is 128 cm³/mol. The predicted octanol–water partition coefficient (Wildman–Crippen LogP) is 3.47. The van der Waals surface area contributed by atoms with Crippen LogP contribution in [0.15, 0.2) is 88.7 Å². The third-order valence-electron chi connectivity index (χ3n) is 5.19. The molecule has 0 bridgehead atoms. The first-order chi connectivity index (χ1) is 15.5. The van der Waals surface area contributed by atoms with Crippen molar-refractivity contribution >= 4 is 31.5 Å². The summed E-state index contributed by atoms with van der Waals surface area (Å²) in [5.74, 6) is -0.488. The number of amides is 1. The second-order valence-corrected chi connectivity index (χ2v) is 11.6. The Balaban J connectivity index is 1.86. The van der Waals surface area contributed by atoms with Crippen molar-refractivity contribution in [3.8, 4) is 0 Å². The smallest absolute Gasteiger partial charge is 0.264 e. The molecular weight excluding hydrogens is 460 g/mol. The summed E-state index contributed by atoms with van der Waals surface area (Å²) in [4.78, 5) is 13.2. The molecule has 33 heavy (non-hydrogen) atoms. The zero-order chi connectivity index (χ0) is 24.2. The van der Waals surface area contributed by atoms with E-state index in [2.05, 4.69) is 5.32 Å². The van der Waals surface area contributed by atoms with Gasteiger partial charge in [-0.1, -0.05) is 48.5 Å². The fraction of sp³-hybridized carbons (Fsp3) is 0.208. The molecule has 0 saturated carbocycles. The SMILES string of the molecule is Cc1ccccc1N(CC(=O)NC(C)c1ccc(S(C)(=O)=O)cc1)S(=O)(=O)c1ccccc1. The number of aryl methyl sites for hydroxylation is 1. The Labute approximate surface area is 195 Å². The molecule has 3 aromatic rings. The maximum Gasteiger partial charge on any atom is 0.264 e. The van der Waals surface area contributed by atoms with Crippen molar-refractivity contribution in [2.24, 2.45) is 0 Å². The lowest BCUT2D eigenvalue weighted by Crippen LogP contribution is -2.41. The summed E-state index contributed by atoms with van der Waals surface area (Å²) in [5.41, 5.74) is 1.83. The molecule has 174 valence electrons. The maximum atomic E-state index is 13.4. The second-order valence-electron chi connectivity index (χ2n) is 7.74. The minimum Gasteiger partial charge on any atom is -0.348 e. The Morgan fingerprint density at radius 1 is 0.848 bits per heavy atom. The van der Waals surface area contributed by atoms with Crippen LogP contribution in [0, 0.1) is 6.92 Å². The fourth-order valence-electron chi connectivity index (χ4n) is 3.37. The molecule has 9 heteroatoms. The van der Waals surface area contributed by atoms with E-state index in [1.807, 2.05) is 0 Å². The standard InChI is InChI=1S/C24H26N2O5S2/c1-18-9-7-8-12-23(18)26(33(30,31)22-10-5-4-6-11-22)17-24(27)25-19(2)20-13-15-21(16-14-20)32(3,28)29/h4-16,19H,17H2,1-3H3,(H,25,27). The number of sulfonamides is 1. The van der Waals surface area contributed by atoms with Crippen LogP contribution in [0.1, 0.15) is 24.1 Å². The van der Waals surface area contributed by atoms with E-state index in [0.29, 0.717) is 16.8 Å². The van der Waals surface area contributed by atoms with Gasteiger partial charge in [0.25, 0.3) is 10.0 Å². The number of nitrogens with zero attached hydrogens (tertiary/aromatic N) is 1. The summed E-state index contributed by atoms with van der Waals surface area (Å²) in [6.45, 7) is 3.12. The molecule has 0 aliphatic rings. The minimum absolute atomic E-state index is 0.0884. The number of anilines is 1. The number of hydrogen-bond acceptors (Lipinski definition) is 5. The van der Waals surface area contributed by atoms with Crippen LogP contribution in [0.25, 0.3) is 0 Å². The molecule has 0 radical (unpaired) electrons. The van der Waals surface area contributed by atoms with Gasteiger partial charge in [-0.15, -0.1) is 0 Å². The van der Waals surface area contributed by atoms with Gasteiger partial charge < -0.3 is 5.32 Å². The molecule has 0 aliphatic carbocycles. The fourth-order valence-corrected chi connectivity index (χ4v) is 5.50. The van der Waals surface area contributed by atoms with Gasteiger partial charge in [0, 0.05) is 6.26 Å². The van der Waals surface area contributed by atoms with Gasteiger partial charge in [0.15, 0.2) is 9.84 Å². The highest BCUT2D eigenvalue weighted by atomic mass is 32.2. The summed E-state index contributed by atoms with van der Waals surface area (Å²) >= 11 is 0. The second kappa shape index (κ2) is 9.76. The molecule has 1 unspecified atom stereocenters. The van der Waals surface area contributed by atoms with E-state index in [1.54, 1.807) is 68.4 Å². The van der Waals surface area contributed by atoms with Crippen LogP contribution in [0.5, 0.6) is 0 Å². The number of rotatable bonds is 8. The van der Waals surface area contributed by atoms with Crippen LogP contribution in [-0.4, -0.2) is 35.5 Å². The van der Waals surface area contributed by atoms with E-state index in [9.17, 15) is 21.6 Å². The van der Waals surface area contributed by atoms with Gasteiger partial charge in [0.1, 0.15) is 6.54 Å². The number of para-hydroxylation sites is 1. The Morgan fingerprint density at radius 3 is 2.00 bits per heavy atom. The highest BCUT2D eigenvalue weighted by Crippen LogP contribution is 2.26. The molecule has 0 heterocycles. The number of nitrogens with one attached hydrogen (secondary N) is 1. The summed E-state index contributed by atoms with van der Waals surface area (Å²) in [6.07, 6.45) is 1.13. The van der Waals surface area contributed by atoms with Crippen molar-refractivity contribution < 1.29 is 21.6 Å². The summed E-state index contributed by atoms with van der Waals surface area (Å²) < 4.78 is 51.2. The lowest BCUT2D eigenvalue weighted by Gasteiger charge is -2.26. The first-order valence-electron chi connectivity index (χ1n) is 10.2. The van der Waals surface area contributed by atoms with Gasteiger partial charge in [-0.3, -0.25) is 9.10 Å². The quantitative estimate of drug-likeness (QED) is 0.525. The normalized spacial score (nSPS) is 12.7. The lowest BCUT2D eigenvalue weighted by molar-refractivity contribution is -0.120. The monoisotopic (exact) mass is 486 g/mol. The molecule has 1 N–H and O–H groups in total. The van der Waals surface area contributed by atoms with E-state index < -0.39 is 38.4 Å². The number of carbonyl (C=O) groups excluding carboxylic acids is 1.